The van der Waals surface area contributed by atoms with Gasteiger partial charge in [-0.3, -0.25) is 4.79 Å². The first-order chi connectivity index (χ1) is 8.67. The first kappa shape index (κ1) is 12.5. The van der Waals surface area contributed by atoms with Gasteiger partial charge in [-0.15, -0.1) is 0 Å². The van der Waals surface area contributed by atoms with E-state index in [4.69, 9.17) is 5.73 Å². The molecule has 0 aliphatic rings. The summed E-state index contributed by atoms with van der Waals surface area (Å²) in [7, 11) is 0. The molecule has 4 nitrogen and oxygen atoms in total. The van der Waals surface area contributed by atoms with E-state index in [0.29, 0.717) is 5.69 Å². The molecule has 0 bridgehead atoms. The van der Waals surface area contributed by atoms with Crippen LogP contribution in [0.1, 0.15) is 23.9 Å². The van der Waals surface area contributed by atoms with Gasteiger partial charge in [-0.05, 0) is 25.0 Å². The first-order valence-corrected chi connectivity index (χ1v) is 6.05. The largest absolute Gasteiger partial charge is 0.325 e. The number of nitrogens with two attached hydrogens (primary N) is 1. The molecule has 1 heterocycles. The molecule has 0 unspecified atom stereocenters. The van der Waals surface area contributed by atoms with Crippen LogP contribution in [-0.4, -0.2) is 9.78 Å². The second-order valence-corrected chi connectivity index (χ2v) is 4.19. The summed E-state index contributed by atoms with van der Waals surface area (Å²) in [6.07, 6.45) is 0.918. The molecule has 0 atom stereocenters. The Balaban J connectivity index is 2.67. The standard InChI is InChI=1S/C14H17N3O/c1-3-11-6-4-5-7-13(11)17-10(2)8-14(18)12(9-15)16-17/h4-8H,3,9,15H2,1-2H3. The Hall–Kier alpha value is -1.94. The van der Waals surface area contributed by atoms with Crippen LogP contribution in [-0.2, 0) is 13.0 Å². The summed E-state index contributed by atoms with van der Waals surface area (Å²) >= 11 is 0. The van der Waals surface area contributed by atoms with E-state index in [1.165, 1.54) is 5.56 Å². The van der Waals surface area contributed by atoms with Crippen molar-refractivity contribution in [1.29, 1.82) is 0 Å². The molecule has 4 heteroatoms. The highest BCUT2D eigenvalue weighted by molar-refractivity contribution is 5.41. The van der Waals surface area contributed by atoms with Crippen molar-refractivity contribution in [3.05, 3.63) is 57.5 Å². The monoisotopic (exact) mass is 243 g/mol. The molecule has 0 radical (unpaired) electrons. The van der Waals surface area contributed by atoms with E-state index in [1.807, 2.05) is 25.1 Å². The minimum absolute atomic E-state index is 0.0970. The summed E-state index contributed by atoms with van der Waals surface area (Å²) in [5, 5.41) is 4.35. The van der Waals surface area contributed by atoms with Gasteiger partial charge in [0.15, 0.2) is 0 Å². The minimum Gasteiger partial charge on any atom is -0.325 e. The molecule has 18 heavy (non-hydrogen) atoms. The molecule has 1 aromatic carbocycles. The van der Waals surface area contributed by atoms with Gasteiger partial charge in [-0.25, -0.2) is 4.68 Å². The molecule has 0 amide bonds. The summed E-state index contributed by atoms with van der Waals surface area (Å²) in [6.45, 7) is 4.13. The number of hydrogen-bond donors (Lipinski definition) is 1. The van der Waals surface area contributed by atoms with Gasteiger partial charge in [0.05, 0.1) is 5.69 Å². The molecule has 0 saturated carbocycles. The molecule has 2 aromatic rings. The maximum Gasteiger partial charge on any atom is 0.204 e. The first-order valence-electron chi connectivity index (χ1n) is 6.05. The van der Waals surface area contributed by atoms with Crippen LogP contribution in [0.15, 0.2) is 35.1 Å². The molecular weight excluding hydrogens is 226 g/mol. The average Bonchev–Trinajstić information content (AvgIpc) is 2.39. The van der Waals surface area contributed by atoms with E-state index in [2.05, 4.69) is 18.1 Å². The number of nitrogens with zero attached hydrogens (tertiary/aromatic N) is 2. The zero-order chi connectivity index (χ0) is 13.1. The summed E-state index contributed by atoms with van der Waals surface area (Å²) in [5.41, 5.74) is 8.86. The van der Waals surface area contributed by atoms with E-state index in [-0.39, 0.29) is 12.0 Å². The van der Waals surface area contributed by atoms with Crippen molar-refractivity contribution < 1.29 is 0 Å². The van der Waals surface area contributed by atoms with E-state index >= 15 is 0 Å². The second kappa shape index (κ2) is 5.14. The zero-order valence-corrected chi connectivity index (χ0v) is 10.7. The van der Waals surface area contributed by atoms with E-state index in [9.17, 15) is 4.79 Å². The molecule has 0 aliphatic heterocycles. The van der Waals surface area contributed by atoms with Crippen LogP contribution in [0.3, 0.4) is 0 Å². The lowest BCUT2D eigenvalue weighted by Gasteiger charge is -2.13. The summed E-state index contributed by atoms with van der Waals surface area (Å²) in [6, 6.07) is 9.63. The lowest BCUT2D eigenvalue weighted by atomic mass is 10.1. The number of aromatic nitrogens is 2. The molecule has 2 rings (SSSR count). The van der Waals surface area contributed by atoms with Crippen LogP contribution in [0.5, 0.6) is 0 Å². The Labute approximate surface area is 106 Å². The molecule has 1 aromatic heterocycles. The fraction of sp³-hybridized carbons (Fsp3) is 0.286. The molecule has 0 saturated heterocycles. The quantitative estimate of drug-likeness (QED) is 0.890. The van der Waals surface area contributed by atoms with Crippen molar-refractivity contribution in [1.82, 2.24) is 9.78 Å². The summed E-state index contributed by atoms with van der Waals surface area (Å²) < 4.78 is 1.79. The third kappa shape index (κ3) is 2.19. The SMILES string of the molecule is CCc1ccccc1-n1nc(CN)c(=O)cc1C. The van der Waals surface area contributed by atoms with Crippen LogP contribution in [0.4, 0.5) is 0 Å². The van der Waals surface area contributed by atoms with Gasteiger partial charge in [-0.2, -0.15) is 5.10 Å². The number of rotatable bonds is 3. The molecular formula is C14H17N3O. The zero-order valence-electron chi connectivity index (χ0n) is 10.7. The average molecular weight is 243 g/mol. The number of hydrogen-bond acceptors (Lipinski definition) is 3. The minimum atomic E-state index is -0.0970. The molecule has 0 aliphatic carbocycles. The molecule has 2 N–H and O–H groups in total. The Bertz CT molecular complexity index is 617. The molecule has 94 valence electrons. The van der Waals surface area contributed by atoms with E-state index in [0.717, 1.165) is 17.8 Å². The van der Waals surface area contributed by atoms with Gasteiger partial charge in [0.1, 0.15) is 5.69 Å². The smallest absolute Gasteiger partial charge is 0.204 e. The van der Waals surface area contributed by atoms with Gasteiger partial charge in [0.25, 0.3) is 0 Å². The topological polar surface area (TPSA) is 60.9 Å². The highest BCUT2D eigenvalue weighted by Crippen LogP contribution is 2.15. The van der Waals surface area contributed by atoms with Crippen molar-refractivity contribution in [3.8, 4) is 5.69 Å². The number of para-hydroxylation sites is 1. The molecule has 0 spiro atoms. The highest BCUT2D eigenvalue weighted by Gasteiger charge is 2.08. The highest BCUT2D eigenvalue weighted by atomic mass is 16.1. The lowest BCUT2D eigenvalue weighted by Crippen LogP contribution is -2.21. The van der Waals surface area contributed by atoms with Gasteiger partial charge < -0.3 is 5.73 Å². The number of aryl methyl sites for hydroxylation is 2. The van der Waals surface area contributed by atoms with Gasteiger partial charge in [0, 0.05) is 18.3 Å². The van der Waals surface area contributed by atoms with E-state index < -0.39 is 0 Å². The van der Waals surface area contributed by atoms with Crippen molar-refractivity contribution in [2.45, 2.75) is 26.8 Å². The Kier molecular flexibility index (Phi) is 3.58. The van der Waals surface area contributed by atoms with Crippen molar-refractivity contribution in [2.24, 2.45) is 5.73 Å². The van der Waals surface area contributed by atoms with Crippen molar-refractivity contribution in [2.75, 3.05) is 0 Å². The van der Waals surface area contributed by atoms with Crippen LogP contribution in [0, 0.1) is 6.92 Å². The Morgan fingerprint density at radius 2 is 2.06 bits per heavy atom. The van der Waals surface area contributed by atoms with Crippen molar-refractivity contribution >= 4 is 0 Å². The predicted octanol–water partition coefficient (Wildman–Crippen LogP) is 1.56. The van der Waals surface area contributed by atoms with E-state index in [1.54, 1.807) is 10.7 Å². The maximum absolute atomic E-state index is 11.7. The molecule has 0 fully saturated rings. The van der Waals surface area contributed by atoms with Crippen LogP contribution in [0.2, 0.25) is 0 Å². The van der Waals surface area contributed by atoms with Crippen LogP contribution in [0.25, 0.3) is 5.69 Å². The normalized spacial score (nSPS) is 10.6. The number of benzene rings is 1. The van der Waals surface area contributed by atoms with Gasteiger partial charge in [0.2, 0.25) is 5.43 Å². The summed E-state index contributed by atoms with van der Waals surface area (Å²) in [4.78, 5) is 11.7. The second-order valence-electron chi connectivity index (χ2n) is 4.19. The Morgan fingerprint density at radius 3 is 2.72 bits per heavy atom. The fourth-order valence-corrected chi connectivity index (χ4v) is 1.98. The van der Waals surface area contributed by atoms with Gasteiger partial charge >= 0.3 is 0 Å². The van der Waals surface area contributed by atoms with Crippen LogP contribution >= 0.6 is 0 Å². The van der Waals surface area contributed by atoms with Gasteiger partial charge in [-0.1, -0.05) is 25.1 Å². The fourth-order valence-electron chi connectivity index (χ4n) is 1.98. The third-order valence-corrected chi connectivity index (χ3v) is 2.97. The lowest BCUT2D eigenvalue weighted by molar-refractivity contribution is 0.743. The third-order valence-electron chi connectivity index (χ3n) is 2.97. The van der Waals surface area contributed by atoms with Crippen LogP contribution < -0.4 is 11.2 Å². The Morgan fingerprint density at radius 1 is 1.33 bits per heavy atom. The summed E-state index contributed by atoms with van der Waals surface area (Å²) in [5.74, 6) is 0. The maximum atomic E-state index is 11.7. The predicted molar refractivity (Wildman–Crippen MR) is 71.8 cm³/mol. The van der Waals surface area contributed by atoms with Crippen molar-refractivity contribution in [3.63, 3.8) is 0 Å².